The highest BCUT2D eigenvalue weighted by atomic mass is 32.2. The van der Waals surface area contributed by atoms with Gasteiger partial charge in [-0.05, 0) is 5.56 Å². The average Bonchev–Trinajstić information content (AvgIpc) is 2.77. The molecule has 3 aromatic rings. The average molecular weight is 386 g/mol. The summed E-state index contributed by atoms with van der Waals surface area (Å²) in [5, 5.41) is 10.5. The molecule has 2 heterocycles. The van der Waals surface area contributed by atoms with Gasteiger partial charge in [-0.2, -0.15) is 5.26 Å². The molecule has 0 unspecified atom stereocenters. The van der Waals surface area contributed by atoms with Crippen molar-refractivity contribution in [3.05, 3.63) is 83.0 Å². The van der Waals surface area contributed by atoms with Crippen LogP contribution in [-0.4, -0.2) is 23.1 Å². The molecule has 4 rings (SSSR count). The first kappa shape index (κ1) is 18.4. The second-order valence-corrected chi connectivity index (χ2v) is 7.41. The number of hydrogen-bond donors (Lipinski definition) is 0. The molecule has 28 heavy (non-hydrogen) atoms. The fourth-order valence-electron chi connectivity index (χ4n) is 3.33. The van der Waals surface area contributed by atoms with Crippen LogP contribution in [0.15, 0.2) is 65.7 Å². The Balaban J connectivity index is 1.73. The van der Waals surface area contributed by atoms with Gasteiger partial charge in [-0.25, -0.2) is 4.98 Å². The molecule has 0 aliphatic carbocycles. The Bertz CT molecular complexity index is 1040. The molecule has 0 N–H and O–H groups in total. The van der Waals surface area contributed by atoms with E-state index < -0.39 is 0 Å². The first-order chi connectivity index (χ1) is 13.8. The number of rotatable bonds is 5. The molecule has 0 saturated carbocycles. The molecular formula is C23H18N2O2S. The number of ketones is 1. The van der Waals surface area contributed by atoms with Crippen LogP contribution in [0, 0.1) is 11.3 Å². The summed E-state index contributed by atoms with van der Waals surface area (Å²) in [6, 6.07) is 21.4. The Morgan fingerprint density at radius 3 is 2.54 bits per heavy atom. The van der Waals surface area contributed by atoms with E-state index in [0.717, 1.165) is 22.4 Å². The van der Waals surface area contributed by atoms with E-state index in [4.69, 9.17) is 9.72 Å². The predicted octanol–water partition coefficient (Wildman–Crippen LogP) is 4.67. The van der Waals surface area contributed by atoms with Crippen LogP contribution < -0.4 is 0 Å². The van der Waals surface area contributed by atoms with E-state index >= 15 is 0 Å². The Kier molecular flexibility index (Phi) is 5.52. The molecule has 1 aliphatic heterocycles. The molecule has 0 radical (unpaired) electrons. The number of benzene rings is 2. The lowest BCUT2D eigenvalue weighted by molar-refractivity contribution is 0.102. The minimum atomic E-state index is 0.0265. The van der Waals surface area contributed by atoms with Crippen LogP contribution in [0.4, 0.5) is 0 Å². The highest BCUT2D eigenvalue weighted by Gasteiger charge is 2.24. The Labute approximate surface area is 168 Å². The van der Waals surface area contributed by atoms with Crippen molar-refractivity contribution in [1.29, 1.82) is 5.26 Å². The number of nitriles is 1. The van der Waals surface area contributed by atoms with Crippen molar-refractivity contribution in [2.75, 3.05) is 12.4 Å². The minimum absolute atomic E-state index is 0.0265. The monoisotopic (exact) mass is 386 g/mol. The largest absolute Gasteiger partial charge is 0.376 e. The van der Waals surface area contributed by atoms with Crippen molar-refractivity contribution in [3.63, 3.8) is 0 Å². The minimum Gasteiger partial charge on any atom is -0.376 e. The van der Waals surface area contributed by atoms with Gasteiger partial charge in [-0.1, -0.05) is 72.4 Å². The number of carbonyl (C=O) groups is 1. The van der Waals surface area contributed by atoms with Gasteiger partial charge < -0.3 is 4.74 Å². The van der Waals surface area contributed by atoms with Crippen LogP contribution >= 0.6 is 11.8 Å². The van der Waals surface area contributed by atoms with Gasteiger partial charge in [0.2, 0.25) is 0 Å². The summed E-state index contributed by atoms with van der Waals surface area (Å²) in [7, 11) is 0. The number of Topliss-reactive ketones (excluding diaryl/α,β-unsaturated/α-hetero) is 1. The second-order valence-electron chi connectivity index (χ2n) is 6.45. The number of aromatic nitrogens is 1. The third-order valence-electron chi connectivity index (χ3n) is 4.69. The van der Waals surface area contributed by atoms with E-state index in [9.17, 15) is 10.1 Å². The zero-order valence-corrected chi connectivity index (χ0v) is 16.0. The van der Waals surface area contributed by atoms with Crippen molar-refractivity contribution in [2.24, 2.45) is 0 Å². The van der Waals surface area contributed by atoms with Gasteiger partial charge in [-0.3, -0.25) is 4.79 Å². The summed E-state index contributed by atoms with van der Waals surface area (Å²) < 4.78 is 5.64. The summed E-state index contributed by atoms with van der Waals surface area (Å²) in [4.78, 5) is 17.3. The molecule has 0 atom stereocenters. The van der Waals surface area contributed by atoms with E-state index in [1.165, 1.54) is 11.8 Å². The Morgan fingerprint density at radius 1 is 1.11 bits per heavy atom. The maximum atomic E-state index is 12.5. The van der Waals surface area contributed by atoms with Gasteiger partial charge in [0.25, 0.3) is 0 Å². The fraction of sp³-hybridized carbons (Fsp3) is 0.174. The summed E-state index contributed by atoms with van der Waals surface area (Å²) in [5.74, 6) is 0.272. The van der Waals surface area contributed by atoms with Gasteiger partial charge in [0, 0.05) is 23.1 Å². The standard InChI is InChI=1S/C23H18N2O2S/c24-13-18-22(17-9-5-2-6-10-17)19-14-27-12-11-20(19)25-23(18)28-15-21(26)16-7-3-1-4-8-16/h1-10H,11-12,14-15H2. The molecule has 0 saturated heterocycles. The molecule has 0 amide bonds. The molecule has 0 bridgehead atoms. The summed E-state index contributed by atoms with van der Waals surface area (Å²) in [5.41, 5.74) is 4.97. The molecular weight excluding hydrogens is 368 g/mol. The topological polar surface area (TPSA) is 63.0 Å². The molecule has 1 aromatic heterocycles. The van der Waals surface area contributed by atoms with Crippen molar-refractivity contribution < 1.29 is 9.53 Å². The van der Waals surface area contributed by atoms with Gasteiger partial charge in [0.1, 0.15) is 11.1 Å². The number of carbonyl (C=O) groups excluding carboxylic acids is 1. The third-order valence-corrected chi connectivity index (χ3v) is 5.67. The molecule has 5 heteroatoms. The number of thioether (sulfide) groups is 1. The summed E-state index contributed by atoms with van der Waals surface area (Å²) in [6.07, 6.45) is 0.709. The molecule has 0 fully saturated rings. The first-order valence-electron chi connectivity index (χ1n) is 9.08. The van der Waals surface area contributed by atoms with Crippen molar-refractivity contribution in [3.8, 4) is 17.2 Å². The SMILES string of the molecule is N#Cc1c(SCC(=O)c2ccccc2)nc2c(c1-c1ccccc1)COCC2. The second kappa shape index (κ2) is 8.39. The van der Waals surface area contributed by atoms with Crippen LogP contribution in [-0.2, 0) is 17.8 Å². The Hall–Kier alpha value is -2.94. The van der Waals surface area contributed by atoms with Crippen LogP contribution in [0.3, 0.4) is 0 Å². The number of pyridine rings is 1. The molecule has 4 nitrogen and oxygen atoms in total. The van der Waals surface area contributed by atoms with Gasteiger partial charge in [-0.15, -0.1) is 0 Å². The van der Waals surface area contributed by atoms with Crippen molar-refractivity contribution >= 4 is 17.5 Å². The molecule has 1 aliphatic rings. The summed E-state index contributed by atoms with van der Waals surface area (Å²) in [6.45, 7) is 1.07. The van der Waals surface area contributed by atoms with E-state index in [1.807, 2.05) is 48.5 Å². The predicted molar refractivity (Wildman–Crippen MR) is 109 cm³/mol. The van der Waals surface area contributed by atoms with Crippen LogP contribution in [0.1, 0.15) is 27.2 Å². The zero-order valence-electron chi connectivity index (χ0n) is 15.2. The quantitative estimate of drug-likeness (QED) is 0.471. The number of nitrogens with zero attached hydrogens (tertiary/aromatic N) is 2. The van der Waals surface area contributed by atoms with Gasteiger partial charge in [0.05, 0.1) is 30.2 Å². The number of fused-ring (bicyclic) bond motifs is 1. The third kappa shape index (κ3) is 3.70. The lowest BCUT2D eigenvalue weighted by atomic mass is 9.93. The highest BCUT2D eigenvalue weighted by molar-refractivity contribution is 8.00. The number of hydrogen-bond acceptors (Lipinski definition) is 5. The maximum Gasteiger partial charge on any atom is 0.173 e. The fourth-order valence-corrected chi connectivity index (χ4v) is 4.23. The van der Waals surface area contributed by atoms with Gasteiger partial charge in [0.15, 0.2) is 5.78 Å². The zero-order chi connectivity index (χ0) is 19.3. The lowest BCUT2D eigenvalue weighted by Crippen LogP contribution is -2.15. The Morgan fingerprint density at radius 2 is 1.82 bits per heavy atom. The van der Waals surface area contributed by atoms with Crippen LogP contribution in [0.25, 0.3) is 11.1 Å². The van der Waals surface area contributed by atoms with E-state index in [1.54, 1.807) is 12.1 Å². The molecule has 138 valence electrons. The van der Waals surface area contributed by atoms with E-state index in [0.29, 0.717) is 35.8 Å². The van der Waals surface area contributed by atoms with Crippen LogP contribution in [0.2, 0.25) is 0 Å². The number of ether oxygens (including phenoxy) is 1. The van der Waals surface area contributed by atoms with Crippen molar-refractivity contribution in [2.45, 2.75) is 18.1 Å². The smallest absolute Gasteiger partial charge is 0.173 e. The van der Waals surface area contributed by atoms with Gasteiger partial charge >= 0.3 is 0 Å². The van der Waals surface area contributed by atoms with E-state index in [-0.39, 0.29) is 11.5 Å². The highest BCUT2D eigenvalue weighted by Crippen LogP contribution is 2.36. The molecule has 0 spiro atoms. The van der Waals surface area contributed by atoms with Crippen LogP contribution in [0.5, 0.6) is 0 Å². The lowest BCUT2D eigenvalue weighted by Gasteiger charge is -2.22. The maximum absolute atomic E-state index is 12.5. The summed E-state index contributed by atoms with van der Waals surface area (Å²) >= 11 is 1.33. The van der Waals surface area contributed by atoms with E-state index in [2.05, 4.69) is 6.07 Å². The van der Waals surface area contributed by atoms with Crippen molar-refractivity contribution in [1.82, 2.24) is 4.98 Å². The normalized spacial score (nSPS) is 12.8. The molecule has 2 aromatic carbocycles. The first-order valence-corrected chi connectivity index (χ1v) is 10.1.